The van der Waals surface area contributed by atoms with Crippen molar-refractivity contribution in [3.05, 3.63) is 47.2 Å². The van der Waals surface area contributed by atoms with Gasteiger partial charge in [0, 0.05) is 68.1 Å². The molecule has 1 saturated carbocycles. The maximum atomic E-state index is 13.0. The van der Waals surface area contributed by atoms with Crippen LogP contribution >= 0.6 is 0 Å². The predicted molar refractivity (Wildman–Crippen MR) is 130 cm³/mol. The van der Waals surface area contributed by atoms with E-state index in [9.17, 15) is 4.79 Å². The first-order chi connectivity index (χ1) is 16.2. The molecule has 1 atom stereocenters. The Labute approximate surface area is 197 Å². The molecule has 2 aromatic heterocycles. The van der Waals surface area contributed by atoms with Crippen molar-refractivity contribution in [2.45, 2.75) is 77.0 Å². The molecule has 0 spiro atoms. The summed E-state index contributed by atoms with van der Waals surface area (Å²) in [6.45, 7) is 5.76. The lowest BCUT2D eigenvalue weighted by Crippen LogP contribution is -2.40. The maximum Gasteiger partial charge on any atom is 0.222 e. The average molecular weight is 448 g/mol. The summed E-state index contributed by atoms with van der Waals surface area (Å²) in [6.07, 6.45) is 12.9. The minimum Gasteiger partial charge on any atom is -0.356 e. The third-order valence-electron chi connectivity index (χ3n) is 7.80. The number of likely N-dealkylation sites (tertiary alicyclic amines) is 1. The Morgan fingerprint density at radius 2 is 1.94 bits per heavy atom. The molecule has 0 bridgehead atoms. The van der Waals surface area contributed by atoms with Crippen molar-refractivity contribution in [2.24, 2.45) is 5.92 Å². The maximum absolute atomic E-state index is 13.0. The predicted octanol–water partition coefficient (Wildman–Crippen LogP) is 4.46. The van der Waals surface area contributed by atoms with Crippen molar-refractivity contribution in [3.63, 3.8) is 0 Å². The number of anilines is 1. The number of rotatable bonds is 6. The second-order valence-corrected chi connectivity index (χ2v) is 10.2. The van der Waals surface area contributed by atoms with Crippen molar-refractivity contribution in [1.29, 1.82) is 0 Å². The van der Waals surface area contributed by atoms with Gasteiger partial charge < -0.3 is 9.80 Å². The molecule has 176 valence electrons. The molecule has 2 aliphatic heterocycles. The molecule has 6 nitrogen and oxygen atoms in total. The summed E-state index contributed by atoms with van der Waals surface area (Å²) >= 11 is 0. The number of amides is 1. The molecule has 3 aliphatic rings. The molecule has 0 radical (unpaired) electrons. The summed E-state index contributed by atoms with van der Waals surface area (Å²) in [5, 5.41) is 0. The zero-order valence-electron chi connectivity index (χ0n) is 20.0. The minimum atomic E-state index is 0.245. The highest BCUT2D eigenvalue weighted by Gasteiger charge is 2.30. The van der Waals surface area contributed by atoms with Crippen LogP contribution in [-0.4, -0.2) is 51.9 Å². The zero-order chi connectivity index (χ0) is 22.6. The smallest absolute Gasteiger partial charge is 0.222 e. The highest BCUT2D eigenvalue weighted by Crippen LogP contribution is 2.33. The van der Waals surface area contributed by atoms with E-state index in [0.29, 0.717) is 11.8 Å². The van der Waals surface area contributed by atoms with Crippen LogP contribution < -0.4 is 4.90 Å². The van der Waals surface area contributed by atoms with Gasteiger partial charge in [0.15, 0.2) is 0 Å². The van der Waals surface area contributed by atoms with Crippen LogP contribution in [0, 0.1) is 12.8 Å². The zero-order valence-corrected chi connectivity index (χ0v) is 20.0. The highest BCUT2D eigenvalue weighted by molar-refractivity contribution is 5.76. The Hall–Kier alpha value is -2.50. The van der Waals surface area contributed by atoms with Gasteiger partial charge in [0.1, 0.15) is 11.6 Å². The van der Waals surface area contributed by atoms with Gasteiger partial charge in [0.2, 0.25) is 5.91 Å². The molecule has 4 heterocycles. The van der Waals surface area contributed by atoms with E-state index in [1.165, 1.54) is 31.2 Å². The highest BCUT2D eigenvalue weighted by atomic mass is 16.2. The Bertz CT molecular complexity index is 956. The molecule has 1 aliphatic carbocycles. The molecular weight excluding hydrogens is 410 g/mol. The number of hydrogen-bond donors (Lipinski definition) is 0. The van der Waals surface area contributed by atoms with Gasteiger partial charge in [-0.15, -0.1) is 0 Å². The van der Waals surface area contributed by atoms with Gasteiger partial charge in [-0.05, 0) is 63.5 Å². The summed E-state index contributed by atoms with van der Waals surface area (Å²) in [7, 11) is 0. The second-order valence-electron chi connectivity index (χ2n) is 10.2. The number of aromatic nitrogens is 3. The van der Waals surface area contributed by atoms with E-state index in [1.54, 1.807) is 0 Å². The summed E-state index contributed by atoms with van der Waals surface area (Å²) in [6, 6.07) is 6.12. The van der Waals surface area contributed by atoms with Crippen LogP contribution in [-0.2, 0) is 17.6 Å². The van der Waals surface area contributed by atoms with Gasteiger partial charge in [-0.3, -0.25) is 9.78 Å². The van der Waals surface area contributed by atoms with E-state index in [1.807, 2.05) is 12.3 Å². The monoisotopic (exact) mass is 447 g/mol. The average Bonchev–Trinajstić information content (AvgIpc) is 3.36. The summed E-state index contributed by atoms with van der Waals surface area (Å²) in [5.41, 5.74) is 3.54. The molecule has 5 rings (SSSR count). The Kier molecular flexibility index (Phi) is 6.88. The lowest BCUT2D eigenvalue weighted by atomic mass is 9.94. The quantitative estimate of drug-likeness (QED) is 0.654. The van der Waals surface area contributed by atoms with Crippen molar-refractivity contribution >= 4 is 11.7 Å². The number of nitrogens with zero attached hydrogens (tertiary/aromatic N) is 5. The molecule has 1 amide bonds. The Morgan fingerprint density at radius 3 is 2.76 bits per heavy atom. The number of hydrogen-bond acceptors (Lipinski definition) is 5. The van der Waals surface area contributed by atoms with Gasteiger partial charge in [-0.25, -0.2) is 9.97 Å². The van der Waals surface area contributed by atoms with Crippen molar-refractivity contribution < 1.29 is 4.79 Å². The molecule has 0 unspecified atom stereocenters. The molecule has 6 heteroatoms. The van der Waals surface area contributed by atoms with Crippen LogP contribution in [0.1, 0.15) is 80.1 Å². The number of aryl methyl sites for hydroxylation is 1. The fraction of sp³-hybridized carbons (Fsp3) is 0.630. The summed E-state index contributed by atoms with van der Waals surface area (Å²) in [4.78, 5) is 32.1. The lowest BCUT2D eigenvalue weighted by molar-refractivity contribution is -0.133. The van der Waals surface area contributed by atoms with E-state index in [4.69, 9.17) is 9.97 Å². The summed E-state index contributed by atoms with van der Waals surface area (Å²) in [5.74, 6) is 3.25. The molecule has 2 aromatic rings. The van der Waals surface area contributed by atoms with Crippen LogP contribution in [0.5, 0.6) is 0 Å². The van der Waals surface area contributed by atoms with Crippen LogP contribution in [0.25, 0.3) is 0 Å². The molecule has 33 heavy (non-hydrogen) atoms. The van der Waals surface area contributed by atoms with Crippen LogP contribution in [0.15, 0.2) is 24.4 Å². The van der Waals surface area contributed by atoms with Gasteiger partial charge in [0.05, 0.1) is 0 Å². The van der Waals surface area contributed by atoms with E-state index in [2.05, 4.69) is 33.8 Å². The van der Waals surface area contributed by atoms with E-state index in [0.717, 1.165) is 87.7 Å². The van der Waals surface area contributed by atoms with Gasteiger partial charge in [-0.1, -0.05) is 18.9 Å². The number of carbonyl (C=O) groups is 1. The number of pyridine rings is 1. The van der Waals surface area contributed by atoms with Crippen LogP contribution in [0.4, 0.5) is 5.82 Å². The molecule has 1 saturated heterocycles. The van der Waals surface area contributed by atoms with Crippen LogP contribution in [0.2, 0.25) is 0 Å². The van der Waals surface area contributed by atoms with E-state index < -0.39 is 0 Å². The number of piperidine rings is 1. The molecule has 0 N–H and O–H groups in total. The number of fused-ring (bicyclic) bond motifs is 1. The van der Waals surface area contributed by atoms with Crippen molar-refractivity contribution in [2.75, 3.05) is 31.1 Å². The summed E-state index contributed by atoms with van der Waals surface area (Å²) < 4.78 is 0. The van der Waals surface area contributed by atoms with Gasteiger partial charge in [0.25, 0.3) is 0 Å². The first-order valence-electron chi connectivity index (χ1n) is 13.0. The third kappa shape index (κ3) is 5.20. The van der Waals surface area contributed by atoms with Gasteiger partial charge in [-0.2, -0.15) is 0 Å². The largest absolute Gasteiger partial charge is 0.356 e. The first-order valence-corrected chi connectivity index (χ1v) is 13.0. The third-order valence-corrected chi connectivity index (χ3v) is 7.80. The Balaban J connectivity index is 1.30. The second kappa shape index (κ2) is 10.2. The normalized spacial score (nSPS) is 21.3. The number of carbonyl (C=O) groups excluding carboxylic acids is 1. The Morgan fingerprint density at radius 1 is 1.06 bits per heavy atom. The topological polar surface area (TPSA) is 62.2 Å². The van der Waals surface area contributed by atoms with Crippen molar-refractivity contribution in [3.8, 4) is 0 Å². The lowest BCUT2D eigenvalue weighted by Gasteiger charge is -2.35. The standard InChI is InChI=1S/C27H37N5O/c1-20-24-12-7-15-31(17-13-23-11-4-5-14-28-23)27(24)30-26(29-20)22-10-6-16-32(19-22)25(33)18-21-8-2-3-9-21/h4-5,11,14,21-22H,2-3,6-10,12-13,15-19H2,1H3/t22-/m0/s1. The van der Waals surface area contributed by atoms with Gasteiger partial charge >= 0.3 is 0 Å². The SMILES string of the molecule is Cc1nc([C@H]2CCCN(C(=O)CC3CCCC3)C2)nc2c1CCCN2CCc1ccccn1. The van der Waals surface area contributed by atoms with Crippen molar-refractivity contribution in [1.82, 2.24) is 19.9 Å². The van der Waals surface area contributed by atoms with E-state index in [-0.39, 0.29) is 5.92 Å². The minimum absolute atomic E-state index is 0.245. The fourth-order valence-corrected chi connectivity index (χ4v) is 5.91. The van der Waals surface area contributed by atoms with E-state index >= 15 is 0 Å². The fourth-order valence-electron chi connectivity index (χ4n) is 5.91. The molecule has 0 aromatic carbocycles. The van der Waals surface area contributed by atoms with Crippen LogP contribution in [0.3, 0.4) is 0 Å². The first kappa shape index (κ1) is 22.3. The molecular formula is C27H37N5O. The molecule has 2 fully saturated rings.